The highest BCUT2D eigenvalue weighted by Gasteiger charge is 2.49. The maximum Gasteiger partial charge on any atom is 0.175 e. The third-order valence-corrected chi connectivity index (χ3v) is 5.26. The van der Waals surface area contributed by atoms with Gasteiger partial charge in [-0.1, -0.05) is 30.3 Å². The Morgan fingerprint density at radius 2 is 2.00 bits per heavy atom. The summed E-state index contributed by atoms with van der Waals surface area (Å²) in [5.74, 6) is 2.75. The van der Waals surface area contributed by atoms with Gasteiger partial charge in [0.2, 0.25) is 0 Å². The molecular weight excluding hydrogens is 288 g/mol. The molecule has 2 aromatic rings. The van der Waals surface area contributed by atoms with Gasteiger partial charge in [0.1, 0.15) is 5.84 Å². The van der Waals surface area contributed by atoms with E-state index in [0.29, 0.717) is 18.6 Å². The van der Waals surface area contributed by atoms with Crippen LogP contribution in [0.4, 0.5) is 0 Å². The van der Waals surface area contributed by atoms with Crippen LogP contribution in [0.15, 0.2) is 35.3 Å². The SMILES string of the molecule is c1ccc(CN=C2C(C3CC3)N3CCCC3c3nnnn32)cc1. The molecule has 3 aliphatic rings. The number of aliphatic imine (C=N–C) groups is 1. The molecule has 1 saturated heterocycles. The van der Waals surface area contributed by atoms with Crippen molar-refractivity contribution in [2.24, 2.45) is 10.9 Å². The van der Waals surface area contributed by atoms with E-state index >= 15 is 0 Å². The first-order valence-electron chi connectivity index (χ1n) is 8.54. The number of benzene rings is 1. The van der Waals surface area contributed by atoms with Crippen molar-refractivity contribution in [3.05, 3.63) is 41.7 Å². The van der Waals surface area contributed by atoms with E-state index in [1.54, 1.807) is 0 Å². The smallest absolute Gasteiger partial charge is 0.175 e. The first-order valence-corrected chi connectivity index (χ1v) is 8.54. The molecule has 0 bridgehead atoms. The second-order valence-electron chi connectivity index (χ2n) is 6.79. The van der Waals surface area contributed by atoms with Crippen LogP contribution in [-0.2, 0) is 6.54 Å². The Morgan fingerprint density at radius 3 is 2.83 bits per heavy atom. The Kier molecular flexibility index (Phi) is 3.04. The maximum absolute atomic E-state index is 4.97. The van der Waals surface area contributed by atoms with Gasteiger partial charge in [-0.2, -0.15) is 4.68 Å². The lowest BCUT2D eigenvalue weighted by Crippen LogP contribution is -2.50. The number of tetrazole rings is 1. The zero-order valence-corrected chi connectivity index (χ0v) is 13.0. The summed E-state index contributed by atoms with van der Waals surface area (Å²) in [7, 11) is 0. The quantitative estimate of drug-likeness (QED) is 0.871. The molecule has 2 fully saturated rings. The molecule has 6 heteroatoms. The third-order valence-electron chi connectivity index (χ3n) is 5.26. The van der Waals surface area contributed by atoms with Crippen LogP contribution < -0.4 is 0 Å². The number of hydrogen-bond donors (Lipinski definition) is 0. The van der Waals surface area contributed by atoms with Crippen LogP contribution in [0.3, 0.4) is 0 Å². The number of rotatable bonds is 3. The van der Waals surface area contributed by atoms with Crippen LogP contribution in [0.2, 0.25) is 0 Å². The highest BCUT2D eigenvalue weighted by atomic mass is 15.6. The molecule has 1 aromatic carbocycles. The molecule has 118 valence electrons. The monoisotopic (exact) mass is 308 g/mol. The minimum atomic E-state index is 0.381. The van der Waals surface area contributed by atoms with Gasteiger partial charge in [-0.25, -0.2) is 0 Å². The predicted octanol–water partition coefficient (Wildman–Crippen LogP) is 2.05. The predicted molar refractivity (Wildman–Crippen MR) is 86.0 cm³/mol. The van der Waals surface area contributed by atoms with Crippen molar-refractivity contribution in [3.8, 4) is 0 Å². The molecule has 23 heavy (non-hydrogen) atoms. The highest BCUT2D eigenvalue weighted by Crippen LogP contribution is 2.45. The van der Waals surface area contributed by atoms with Crippen molar-refractivity contribution < 1.29 is 0 Å². The Labute approximate surface area is 135 Å². The number of aromatic nitrogens is 4. The first kappa shape index (κ1) is 13.4. The van der Waals surface area contributed by atoms with E-state index in [9.17, 15) is 0 Å². The topological polar surface area (TPSA) is 59.2 Å². The van der Waals surface area contributed by atoms with E-state index in [0.717, 1.165) is 30.5 Å². The molecule has 1 aromatic heterocycles. The molecule has 5 rings (SSSR count). The van der Waals surface area contributed by atoms with Crippen LogP contribution in [0, 0.1) is 5.92 Å². The summed E-state index contributed by atoms with van der Waals surface area (Å²) in [4.78, 5) is 7.57. The fourth-order valence-electron chi connectivity index (χ4n) is 4.05. The van der Waals surface area contributed by atoms with Crippen molar-refractivity contribution in [3.63, 3.8) is 0 Å². The normalized spacial score (nSPS) is 28.8. The zero-order valence-electron chi connectivity index (χ0n) is 13.0. The molecule has 3 heterocycles. The third kappa shape index (κ3) is 2.20. The van der Waals surface area contributed by atoms with Crippen LogP contribution in [0.5, 0.6) is 0 Å². The van der Waals surface area contributed by atoms with Crippen LogP contribution in [-0.4, -0.2) is 43.5 Å². The zero-order chi connectivity index (χ0) is 15.2. The van der Waals surface area contributed by atoms with Gasteiger partial charge >= 0.3 is 0 Å². The van der Waals surface area contributed by atoms with E-state index in [2.05, 4.69) is 44.7 Å². The second kappa shape index (κ2) is 5.23. The van der Waals surface area contributed by atoms with Crippen molar-refractivity contribution in [1.82, 2.24) is 25.1 Å². The van der Waals surface area contributed by atoms with Crippen LogP contribution in [0.25, 0.3) is 0 Å². The van der Waals surface area contributed by atoms with E-state index < -0.39 is 0 Å². The van der Waals surface area contributed by atoms with Crippen molar-refractivity contribution >= 4 is 5.84 Å². The Balaban J connectivity index is 1.56. The van der Waals surface area contributed by atoms with Crippen molar-refractivity contribution in [1.29, 1.82) is 0 Å². The summed E-state index contributed by atoms with van der Waals surface area (Å²) in [6.45, 7) is 1.83. The summed E-state index contributed by atoms with van der Waals surface area (Å²) in [5, 5.41) is 12.5. The fourth-order valence-corrected chi connectivity index (χ4v) is 4.05. The van der Waals surface area contributed by atoms with Crippen molar-refractivity contribution in [2.45, 2.75) is 44.3 Å². The lowest BCUT2D eigenvalue weighted by Gasteiger charge is -2.37. The minimum Gasteiger partial charge on any atom is -0.283 e. The molecule has 0 spiro atoms. The lowest BCUT2D eigenvalue weighted by molar-refractivity contribution is 0.180. The van der Waals surface area contributed by atoms with Crippen molar-refractivity contribution in [2.75, 3.05) is 6.54 Å². The maximum atomic E-state index is 4.97. The van der Waals surface area contributed by atoms with Gasteiger partial charge in [0.25, 0.3) is 0 Å². The average molecular weight is 308 g/mol. The van der Waals surface area contributed by atoms with Crippen LogP contribution in [0.1, 0.15) is 43.1 Å². The van der Waals surface area contributed by atoms with E-state index in [-0.39, 0.29) is 0 Å². The average Bonchev–Trinajstić information content (AvgIpc) is 3.10. The fraction of sp³-hybridized carbons (Fsp3) is 0.529. The molecule has 1 aliphatic carbocycles. The molecule has 0 radical (unpaired) electrons. The summed E-state index contributed by atoms with van der Waals surface area (Å²) < 4.78 is 1.93. The van der Waals surface area contributed by atoms with E-state index in [1.165, 1.54) is 24.8 Å². The lowest BCUT2D eigenvalue weighted by atomic mass is 10.0. The first-order chi connectivity index (χ1) is 11.4. The number of hydrogen-bond acceptors (Lipinski definition) is 5. The van der Waals surface area contributed by atoms with Gasteiger partial charge in [0, 0.05) is 0 Å². The molecule has 1 saturated carbocycles. The summed E-state index contributed by atoms with van der Waals surface area (Å²) in [5.41, 5.74) is 1.23. The van der Waals surface area contributed by atoms with Gasteiger partial charge in [0.05, 0.1) is 18.6 Å². The van der Waals surface area contributed by atoms with E-state index in [4.69, 9.17) is 4.99 Å². The van der Waals surface area contributed by atoms with Gasteiger partial charge in [0.15, 0.2) is 5.82 Å². The molecule has 0 amide bonds. The second-order valence-corrected chi connectivity index (χ2v) is 6.79. The Morgan fingerprint density at radius 1 is 1.13 bits per heavy atom. The molecular formula is C17H20N6. The van der Waals surface area contributed by atoms with Gasteiger partial charge in [-0.15, -0.1) is 5.10 Å². The summed E-state index contributed by atoms with van der Waals surface area (Å²) >= 11 is 0. The Hall–Kier alpha value is -2.08. The number of fused-ring (bicyclic) bond motifs is 3. The van der Waals surface area contributed by atoms with Crippen LogP contribution >= 0.6 is 0 Å². The van der Waals surface area contributed by atoms with Gasteiger partial charge in [-0.05, 0) is 54.1 Å². The largest absolute Gasteiger partial charge is 0.283 e. The standard InChI is InChI=1S/C17H20N6/c1-2-5-12(6-3-1)11-18-17-15(13-8-9-13)22-10-4-7-14(22)16-19-20-21-23(16)17/h1-3,5-6,13-15H,4,7-11H2. The highest BCUT2D eigenvalue weighted by molar-refractivity contribution is 5.90. The summed E-state index contributed by atoms with van der Waals surface area (Å²) in [6.07, 6.45) is 4.99. The molecule has 0 N–H and O–H groups in total. The number of nitrogens with zero attached hydrogens (tertiary/aromatic N) is 6. The van der Waals surface area contributed by atoms with Gasteiger partial charge in [-0.3, -0.25) is 9.89 Å². The molecule has 2 unspecified atom stereocenters. The van der Waals surface area contributed by atoms with E-state index in [1.807, 2.05) is 10.7 Å². The molecule has 2 aliphatic heterocycles. The minimum absolute atomic E-state index is 0.381. The molecule has 6 nitrogen and oxygen atoms in total. The van der Waals surface area contributed by atoms with Gasteiger partial charge < -0.3 is 0 Å². The summed E-state index contributed by atoms with van der Waals surface area (Å²) in [6, 6.07) is 11.2. The molecule has 2 atom stereocenters. The Bertz CT molecular complexity index is 733.